The van der Waals surface area contributed by atoms with Gasteiger partial charge >= 0.3 is 18.3 Å². The molecule has 0 aromatic heterocycles. The summed E-state index contributed by atoms with van der Waals surface area (Å²) in [5, 5.41) is 0. The minimum Gasteiger partial charge on any atom is -0.493 e. The van der Waals surface area contributed by atoms with Crippen molar-refractivity contribution in [3.8, 4) is 17.2 Å². The van der Waals surface area contributed by atoms with Crippen LogP contribution >= 0.6 is 0 Å². The van der Waals surface area contributed by atoms with Gasteiger partial charge in [0.05, 0.1) is 24.9 Å². The molecule has 0 spiro atoms. The molecule has 0 bridgehead atoms. The fourth-order valence-electron chi connectivity index (χ4n) is 3.28. The summed E-state index contributed by atoms with van der Waals surface area (Å²) in [6.07, 6.45) is -3.31. The van der Waals surface area contributed by atoms with Gasteiger partial charge < -0.3 is 30.4 Å². The van der Waals surface area contributed by atoms with Crippen molar-refractivity contribution in [2.45, 2.75) is 13.3 Å². The Kier molecular flexibility index (Phi) is 8.28. The third-order valence-electron chi connectivity index (χ3n) is 4.81. The quantitative estimate of drug-likeness (QED) is 0.140. The van der Waals surface area contributed by atoms with Crippen LogP contribution < -0.4 is 25.7 Å². The van der Waals surface area contributed by atoms with Crippen molar-refractivity contribution < 1.29 is 41.7 Å². The van der Waals surface area contributed by atoms with Crippen LogP contribution in [0, 0.1) is 0 Å². The largest absolute Gasteiger partial charge is 0.573 e. The Bertz CT molecular complexity index is 1300. The molecule has 194 valence electrons. The summed E-state index contributed by atoms with van der Waals surface area (Å²) in [5.74, 6) is -1.69. The maximum absolute atomic E-state index is 12.7. The van der Waals surface area contributed by atoms with Crippen molar-refractivity contribution in [3.63, 3.8) is 0 Å². The molecule has 4 N–H and O–H groups in total. The first kappa shape index (κ1) is 26.9. The van der Waals surface area contributed by atoms with E-state index in [0.717, 1.165) is 24.3 Å². The van der Waals surface area contributed by atoms with E-state index in [1.807, 2.05) is 0 Å². The molecule has 8 nitrogen and oxygen atoms in total. The molecular formula is C26H23F3N2O6. The number of alkyl halides is 3. The molecule has 0 aliphatic rings. The zero-order valence-corrected chi connectivity index (χ0v) is 19.8. The second-order valence-corrected chi connectivity index (χ2v) is 7.54. The van der Waals surface area contributed by atoms with Gasteiger partial charge in [-0.3, -0.25) is 0 Å². The van der Waals surface area contributed by atoms with Gasteiger partial charge in [0.15, 0.2) is 11.5 Å². The number of esters is 2. The molecule has 0 aliphatic heterocycles. The highest BCUT2D eigenvalue weighted by atomic mass is 19.4. The molecule has 0 saturated carbocycles. The smallest absolute Gasteiger partial charge is 0.493 e. The lowest BCUT2D eigenvalue weighted by Gasteiger charge is -2.12. The summed E-state index contributed by atoms with van der Waals surface area (Å²) in [6.45, 7) is 1.82. The van der Waals surface area contributed by atoms with Gasteiger partial charge in [0.2, 0.25) is 0 Å². The van der Waals surface area contributed by atoms with Crippen molar-refractivity contribution in [1.82, 2.24) is 0 Å². The number of hydrogen-bond donors (Lipinski definition) is 2. The Hall–Kier alpha value is -4.67. The van der Waals surface area contributed by atoms with E-state index in [-0.39, 0.29) is 29.2 Å². The minimum atomic E-state index is -4.85. The Morgan fingerprint density at radius 3 is 2.11 bits per heavy atom. The number of benzene rings is 3. The maximum Gasteiger partial charge on any atom is 0.573 e. The van der Waals surface area contributed by atoms with Gasteiger partial charge in [0, 0.05) is 11.4 Å². The summed E-state index contributed by atoms with van der Waals surface area (Å²) in [6, 6.07) is 13.5. The van der Waals surface area contributed by atoms with Crippen molar-refractivity contribution in [3.05, 3.63) is 77.4 Å². The molecule has 0 heterocycles. The molecular weight excluding hydrogens is 493 g/mol. The average Bonchev–Trinajstić information content (AvgIpc) is 2.82. The molecule has 0 aliphatic carbocycles. The lowest BCUT2D eigenvalue weighted by atomic mass is 10.0. The second-order valence-electron chi connectivity index (χ2n) is 7.54. The summed E-state index contributed by atoms with van der Waals surface area (Å²) in [7, 11) is 1.36. The topological polar surface area (TPSA) is 123 Å². The van der Waals surface area contributed by atoms with Crippen molar-refractivity contribution >= 4 is 35.0 Å². The highest BCUT2D eigenvalue weighted by molar-refractivity contribution is 6.22. The van der Waals surface area contributed by atoms with Gasteiger partial charge in [-0.05, 0) is 78.7 Å². The van der Waals surface area contributed by atoms with Crippen molar-refractivity contribution in [1.29, 1.82) is 0 Å². The summed E-state index contributed by atoms with van der Waals surface area (Å²) in [4.78, 5) is 25.2. The highest BCUT2D eigenvalue weighted by Gasteiger charge is 2.31. The van der Waals surface area contributed by atoms with E-state index in [9.17, 15) is 22.8 Å². The molecule has 3 rings (SSSR count). The van der Waals surface area contributed by atoms with Crippen LogP contribution in [0.5, 0.6) is 17.2 Å². The molecule has 0 saturated heterocycles. The SMILES string of the molecule is CCOC(=O)C(=Cc1ccc(OC(=O)c2ccc(OC(F)(F)F)cc2)c(OC)c1)c1cc(N)cc(N)c1. The van der Waals surface area contributed by atoms with E-state index < -0.39 is 24.1 Å². The number of ether oxygens (including phenoxy) is 4. The Morgan fingerprint density at radius 1 is 0.892 bits per heavy atom. The fourth-order valence-corrected chi connectivity index (χ4v) is 3.28. The van der Waals surface area contributed by atoms with E-state index in [1.54, 1.807) is 37.3 Å². The first-order valence-corrected chi connectivity index (χ1v) is 10.8. The summed E-state index contributed by atoms with van der Waals surface area (Å²) >= 11 is 0. The van der Waals surface area contributed by atoms with Crippen molar-refractivity contribution in [2.24, 2.45) is 0 Å². The first-order valence-electron chi connectivity index (χ1n) is 10.8. The van der Waals surface area contributed by atoms with Crippen LogP contribution in [0.15, 0.2) is 60.7 Å². The van der Waals surface area contributed by atoms with E-state index in [1.165, 1.54) is 19.2 Å². The average molecular weight is 516 g/mol. The standard InChI is InChI=1S/C26H23F3N2O6/c1-3-35-25(33)21(17-12-18(30)14-19(31)13-17)10-15-4-9-22(23(11-15)34-2)36-24(32)16-5-7-20(8-6-16)37-26(27,28)29/h4-14H,3,30-31H2,1-2H3. The maximum atomic E-state index is 12.7. The predicted molar refractivity (Wildman–Crippen MR) is 131 cm³/mol. The number of carbonyl (C=O) groups is 2. The van der Waals surface area contributed by atoms with Gasteiger partial charge in [0.1, 0.15) is 5.75 Å². The van der Waals surface area contributed by atoms with Crippen molar-refractivity contribution in [2.75, 3.05) is 25.2 Å². The second kappa shape index (κ2) is 11.4. The molecule has 11 heteroatoms. The number of hydrogen-bond acceptors (Lipinski definition) is 8. The lowest BCUT2D eigenvalue weighted by Crippen LogP contribution is -2.17. The molecule has 0 fully saturated rings. The number of anilines is 2. The Balaban J connectivity index is 1.88. The third-order valence-corrected chi connectivity index (χ3v) is 4.81. The van der Waals surface area contributed by atoms with Crippen LogP contribution in [-0.2, 0) is 9.53 Å². The van der Waals surface area contributed by atoms with Crippen LogP contribution in [0.25, 0.3) is 11.6 Å². The number of halogens is 3. The van der Waals surface area contributed by atoms with Crippen LogP contribution in [0.1, 0.15) is 28.4 Å². The minimum absolute atomic E-state index is 0.00981. The zero-order valence-electron chi connectivity index (χ0n) is 19.8. The number of nitrogens with two attached hydrogens (primary N) is 2. The molecule has 0 unspecified atom stereocenters. The van der Waals surface area contributed by atoms with Crippen LogP contribution in [0.3, 0.4) is 0 Å². The van der Waals surface area contributed by atoms with Crippen LogP contribution in [0.4, 0.5) is 24.5 Å². The Morgan fingerprint density at radius 2 is 1.54 bits per heavy atom. The molecule has 0 radical (unpaired) electrons. The van der Waals surface area contributed by atoms with Crippen LogP contribution in [0.2, 0.25) is 0 Å². The summed E-state index contributed by atoms with van der Waals surface area (Å²) in [5.41, 5.74) is 13.6. The van der Waals surface area contributed by atoms with Gasteiger partial charge in [-0.2, -0.15) is 0 Å². The van der Waals surface area contributed by atoms with E-state index >= 15 is 0 Å². The third kappa shape index (κ3) is 7.40. The number of rotatable bonds is 8. The fraction of sp³-hybridized carbons (Fsp3) is 0.154. The predicted octanol–water partition coefficient (Wildman–Crippen LogP) is 5.08. The lowest BCUT2D eigenvalue weighted by molar-refractivity contribution is -0.274. The van der Waals surface area contributed by atoms with Gasteiger partial charge in [-0.25, -0.2) is 9.59 Å². The van der Waals surface area contributed by atoms with E-state index in [0.29, 0.717) is 22.5 Å². The molecule has 0 amide bonds. The summed E-state index contributed by atoms with van der Waals surface area (Å²) < 4.78 is 56.6. The number of methoxy groups -OCH3 is 1. The zero-order chi connectivity index (χ0) is 27.2. The Labute approximate surface area is 210 Å². The molecule has 3 aromatic carbocycles. The van der Waals surface area contributed by atoms with Gasteiger partial charge in [0.25, 0.3) is 0 Å². The van der Waals surface area contributed by atoms with Crippen LogP contribution in [-0.4, -0.2) is 32.0 Å². The number of nitrogen functional groups attached to an aromatic ring is 2. The van der Waals surface area contributed by atoms with E-state index in [2.05, 4.69) is 4.74 Å². The number of carbonyl (C=O) groups excluding carboxylic acids is 2. The highest BCUT2D eigenvalue weighted by Crippen LogP contribution is 2.32. The van der Waals surface area contributed by atoms with E-state index in [4.69, 9.17) is 25.7 Å². The van der Waals surface area contributed by atoms with Gasteiger partial charge in [-0.1, -0.05) is 6.07 Å². The molecule has 3 aromatic rings. The first-order chi connectivity index (χ1) is 17.5. The van der Waals surface area contributed by atoms with Gasteiger partial charge in [-0.15, -0.1) is 13.2 Å². The monoisotopic (exact) mass is 516 g/mol. The normalized spacial score (nSPS) is 11.5. The molecule has 37 heavy (non-hydrogen) atoms. The molecule has 0 atom stereocenters.